The Balaban J connectivity index is 1.88. The van der Waals surface area contributed by atoms with Crippen molar-refractivity contribution >= 4 is 22.9 Å². The van der Waals surface area contributed by atoms with E-state index < -0.39 is 0 Å². The summed E-state index contributed by atoms with van der Waals surface area (Å²) in [7, 11) is 0. The molecule has 15 heavy (non-hydrogen) atoms. The highest BCUT2D eigenvalue weighted by atomic mass is 35.5. The Morgan fingerprint density at radius 2 is 2.47 bits per heavy atom. The molecule has 3 nitrogen and oxygen atoms in total. The molecule has 2 rings (SSSR count). The SMILES string of the molecule is OCC1CN(Cc2ccc(Cl)s2)CCO1. The maximum absolute atomic E-state index is 9.01. The molecular weight excluding hydrogens is 234 g/mol. The van der Waals surface area contributed by atoms with E-state index in [4.69, 9.17) is 21.4 Å². The van der Waals surface area contributed by atoms with E-state index in [1.54, 1.807) is 11.3 Å². The van der Waals surface area contributed by atoms with Gasteiger partial charge < -0.3 is 9.84 Å². The van der Waals surface area contributed by atoms with Crippen molar-refractivity contribution in [2.24, 2.45) is 0 Å². The molecule has 1 atom stereocenters. The minimum atomic E-state index is -0.0332. The summed E-state index contributed by atoms with van der Waals surface area (Å²) in [6, 6.07) is 3.97. The average molecular weight is 248 g/mol. The van der Waals surface area contributed by atoms with Crippen molar-refractivity contribution in [3.05, 3.63) is 21.3 Å². The number of ether oxygens (including phenoxy) is 1. The van der Waals surface area contributed by atoms with Gasteiger partial charge in [-0.05, 0) is 12.1 Å². The molecule has 5 heteroatoms. The van der Waals surface area contributed by atoms with Gasteiger partial charge in [0.1, 0.15) is 0 Å². The van der Waals surface area contributed by atoms with Crippen molar-refractivity contribution in [3.63, 3.8) is 0 Å². The maximum Gasteiger partial charge on any atom is 0.0933 e. The number of morpholine rings is 1. The molecule has 0 bridgehead atoms. The zero-order valence-electron chi connectivity index (χ0n) is 8.36. The fourth-order valence-corrected chi connectivity index (χ4v) is 2.82. The van der Waals surface area contributed by atoms with Crippen LogP contribution in [-0.2, 0) is 11.3 Å². The molecule has 1 fully saturated rings. The monoisotopic (exact) mass is 247 g/mol. The Morgan fingerprint density at radius 1 is 1.60 bits per heavy atom. The topological polar surface area (TPSA) is 32.7 Å². The van der Waals surface area contributed by atoms with Crippen LogP contribution in [0.2, 0.25) is 4.34 Å². The summed E-state index contributed by atoms with van der Waals surface area (Å²) < 4.78 is 6.22. The van der Waals surface area contributed by atoms with Crippen molar-refractivity contribution < 1.29 is 9.84 Å². The number of aliphatic hydroxyl groups excluding tert-OH is 1. The van der Waals surface area contributed by atoms with Crippen LogP contribution in [0.1, 0.15) is 4.88 Å². The van der Waals surface area contributed by atoms with Crippen LogP contribution >= 0.6 is 22.9 Å². The first-order valence-corrected chi connectivity index (χ1v) is 6.16. The van der Waals surface area contributed by atoms with Gasteiger partial charge in [0.25, 0.3) is 0 Å². The smallest absolute Gasteiger partial charge is 0.0933 e. The second-order valence-electron chi connectivity index (χ2n) is 3.62. The van der Waals surface area contributed by atoms with Crippen LogP contribution in [0.3, 0.4) is 0 Å². The van der Waals surface area contributed by atoms with Crippen molar-refractivity contribution in [1.29, 1.82) is 0 Å². The molecule has 1 aliphatic rings. The van der Waals surface area contributed by atoms with E-state index in [-0.39, 0.29) is 12.7 Å². The van der Waals surface area contributed by atoms with Gasteiger partial charge in [0.15, 0.2) is 0 Å². The maximum atomic E-state index is 9.01. The molecule has 0 spiro atoms. The predicted octanol–water partition coefficient (Wildman–Crippen LogP) is 1.59. The average Bonchev–Trinajstić information content (AvgIpc) is 2.64. The Bertz CT molecular complexity index is 318. The molecule has 0 aromatic carbocycles. The fraction of sp³-hybridized carbons (Fsp3) is 0.600. The molecule has 1 aromatic rings. The molecule has 1 aromatic heterocycles. The number of rotatable bonds is 3. The summed E-state index contributed by atoms with van der Waals surface area (Å²) >= 11 is 7.48. The number of hydrogen-bond acceptors (Lipinski definition) is 4. The molecule has 2 heterocycles. The van der Waals surface area contributed by atoms with Crippen LogP contribution in [0.5, 0.6) is 0 Å². The minimum Gasteiger partial charge on any atom is -0.394 e. The lowest BCUT2D eigenvalue weighted by Gasteiger charge is -2.31. The standard InChI is InChI=1S/C10H14ClNO2S/c11-10-2-1-9(15-10)6-12-3-4-14-8(5-12)7-13/h1-2,8,13H,3-7H2. The quantitative estimate of drug-likeness (QED) is 0.881. The highest BCUT2D eigenvalue weighted by Gasteiger charge is 2.19. The lowest BCUT2D eigenvalue weighted by atomic mass is 10.3. The Hall–Kier alpha value is -0.130. The number of aliphatic hydroxyl groups is 1. The van der Waals surface area contributed by atoms with Gasteiger partial charge in [-0.15, -0.1) is 11.3 Å². The van der Waals surface area contributed by atoms with Crippen LogP contribution in [0.25, 0.3) is 0 Å². The van der Waals surface area contributed by atoms with Crippen molar-refractivity contribution in [2.75, 3.05) is 26.3 Å². The third kappa shape index (κ3) is 3.16. The van der Waals surface area contributed by atoms with Crippen molar-refractivity contribution in [1.82, 2.24) is 4.90 Å². The molecule has 0 saturated carbocycles. The van der Waals surface area contributed by atoms with E-state index in [9.17, 15) is 0 Å². The molecular formula is C10H14ClNO2S. The predicted molar refractivity (Wildman–Crippen MR) is 61.4 cm³/mol. The molecule has 1 N–H and O–H groups in total. The molecule has 84 valence electrons. The van der Waals surface area contributed by atoms with E-state index in [2.05, 4.69) is 11.0 Å². The van der Waals surface area contributed by atoms with Crippen LogP contribution in [0, 0.1) is 0 Å². The van der Waals surface area contributed by atoms with Gasteiger partial charge in [-0.25, -0.2) is 0 Å². The summed E-state index contributed by atoms with van der Waals surface area (Å²) in [6.45, 7) is 3.42. The Labute approximate surface area is 98.2 Å². The summed E-state index contributed by atoms with van der Waals surface area (Å²) in [5, 5.41) is 9.01. The van der Waals surface area contributed by atoms with Gasteiger partial charge in [0.05, 0.1) is 23.7 Å². The van der Waals surface area contributed by atoms with Crippen molar-refractivity contribution in [2.45, 2.75) is 12.6 Å². The summed E-state index contributed by atoms with van der Waals surface area (Å²) in [5.74, 6) is 0. The number of hydrogen-bond donors (Lipinski definition) is 1. The van der Waals surface area contributed by atoms with E-state index in [0.29, 0.717) is 6.61 Å². The second-order valence-corrected chi connectivity index (χ2v) is 5.42. The second kappa shape index (κ2) is 5.27. The lowest BCUT2D eigenvalue weighted by Crippen LogP contribution is -2.43. The molecule has 1 aliphatic heterocycles. The van der Waals surface area contributed by atoms with Gasteiger partial charge >= 0.3 is 0 Å². The number of nitrogens with zero attached hydrogens (tertiary/aromatic N) is 1. The first-order valence-electron chi connectivity index (χ1n) is 4.97. The first kappa shape index (κ1) is 11.4. The van der Waals surface area contributed by atoms with Gasteiger partial charge in [0, 0.05) is 24.5 Å². The van der Waals surface area contributed by atoms with E-state index >= 15 is 0 Å². The lowest BCUT2D eigenvalue weighted by molar-refractivity contribution is -0.0548. The highest BCUT2D eigenvalue weighted by molar-refractivity contribution is 7.16. The van der Waals surface area contributed by atoms with Crippen LogP contribution < -0.4 is 0 Å². The van der Waals surface area contributed by atoms with E-state index in [0.717, 1.165) is 24.0 Å². The van der Waals surface area contributed by atoms with Crippen LogP contribution in [0.15, 0.2) is 12.1 Å². The summed E-state index contributed by atoms with van der Waals surface area (Å²) in [6.07, 6.45) is -0.0332. The van der Waals surface area contributed by atoms with E-state index in [1.165, 1.54) is 4.88 Å². The largest absolute Gasteiger partial charge is 0.394 e. The minimum absolute atomic E-state index is 0.0332. The number of thiophene rings is 1. The third-order valence-corrected chi connectivity index (χ3v) is 3.65. The molecule has 1 saturated heterocycles. The Morgan fingerprint density at radius 3 is 3.13 bits per heavy atom. The Kier molecular flexibility index (Phi) is 3.99. The summed E-state index contributed by atoms with van der Waals surface area (Å²) in [5.41, 5.74) is 0. The van der Waals surface area contributed by atoms with E-state index in [1.807, 2.05) is 6.07 Å². The van der Waals surface area contributed by atoms with Gasteiger partial charge in [-0.3, -0.25) is 4.90 Å². The first-order chi connectivity index (χ1) is 7.28. The molecule has 0 amide bonds. The van der Waals surface area contributed by atoms with Gasteiger partial charge in [-0.1, -0.05) is 11.6 Å². The van der Waals surface area contributed by atoms with Crippen LogP contribution in [-0.4, -0.2) is 42.4 Å². The molecule has 0 radical (unpaired) electrons. The number of halogens is 1. The van der Waals surface area contributed by atoms with Crippen LogP contribution in [0.4, 0.5) is 0 Å². The molecule has 1 unspecified atom stereocenters. The van der Waals surface area contributed by atoms with Gasteiger partial charge in [-0.2, -0.15) is 0 Å². The fourth-order valence-electron chi connectivity index (χ4n) is 1.69. The molecule has 0 aliphatic carbocycles. The van der Waals surface area contributed by atoms with Gasteiger partial charge in [0.2, 0.25) is 0 Å². The third-order valence-electron chi connectivity index (χ3n) is 2.43. The van der Waals surface area contributed by atoms with Crippen molar-refractivity contribution in [3.8, 4) is 0 Å². The zero-order chi connectivity index (χ0) is 10.7. The highest BCUT2D eigenvalue weighted by Crippen LogP contribution is 2.23. The zero-order valence-corrected chi connectivity index (χ0v) is 9.93. The normalized spacial score (nSPS) is 23.2. The summed E-state index contributed by atoms with van der Waals surface area (Å²) in [4.78, 5) is 3.55.